The highest BCUT2D eigenvalue weighted by atomic mass is 35.5. The number of hydrogen-bond acceptors (Lipinski definition) is 9. The maximum atomic E-state index is 14.2. The van der Waals surface area contributed by atoms with E-state index in [1.165, 1.54) is 26.0 Å². The van der Waals surface area contributed by atoms with Gasteiger partial charge in [-0.25, -0.2) is 39.0 Å². The summed E-state index contributed by atoms with van der Waals surface area (Å²) in [6.45, 7) is 0.992. The van der Waals surface area contributed by atoms with E-state index in [4.69, 9.17) is 22.3 Å². The number of sulfone groups is 1. The minimum absolute atomic E-state index is 0.00945. The van der Waals surface area contributed by atoms with Crippen LogP contribution in [0.2, 0.25) is 5.02 Å². The summed E-state index contributed by atoms with van der Waals surface area (Å²) in [5.41, 5.74) is 7.70. The second-order valence-electron chi connectivity index (χ2n) is 13.3. The summed E-state index contributed by atoms with van der Waals surface area (Å²) >= 11 is 6.52. The molecule has 0 radical (unpaired) electrons. The van der Waals surface area contributed by atoms with E-state index in [2.05, 4.69) is 16.9 Å². The third kappa shape index (κ3) is 8.31. The largest absolute Gasteiger partial charge is 0.408 e. The van der Waals surface area contributed by atoms with Crippen LogP contribution >= 0.6 is 11.6 Å². The van der Waals surface area contributed by atoms with Gasteiger partial charge in [0.25, 0.3) is 0 Å². The lowest BCUT2D eigenvalue weighted by Crippen LogP contribution is -2.36. The first kappa shape index (κ1) is 40.4. The molecule has 0 aliphatic heterocycles. The predicted octanol–water partition coefficient (Wildman–Crippen LogP) is 5.22. The fraction of sp³-hybridized carbons (Fsp3) is 0.394. The van der Waals surface area contributed by atoms with E-state index >= 15 is 0 Å². The normalized spacial score (nSPS) is 14.6. The minimum atomic E-state index is -4.95. The van der Waals surface area contributed by atoms with Gasteiger partial charge in [0.05, 0.1) is 40.2 Å². The van der Waals surface area contributed by atoms with Gasteiger partial charge in [0.15, 0.2) is 15.7 Å². The monoisotopic (exact) mass is 821 g/mol. The summed E-state index contributed by atoms with van der Waals surface area (Å²) in [4.78, 5) is 4.73. The van der Waals surface area contributed by atoms with Crippen LogP contribution in [-0.2, 0) is 55.7 Å². The van der Waals surface area contributed by atoms with E-state index in [1.807, 2.05) is 0 Å². The highest BCUT2D eigenvalue weighted by molar-refractivity contribution is 8.09. The van der Waals surface area contributed by atoms with Crippen LogP contribution in [0.4, 0.5) is 27.8 Å². The number of aromatic nitrogens is 3. The molecule has 286 valence electrons. The van der Waals surface area contributed by atoms with E-state index in [9.17, 15) is 47.2 Å². The van der Waals surface area contributed by atoms with Gasteiger partial charge in [-0.2, -0.15) is 18.3 Å². The first-order valence-corrected chi connectivity index (χ1v) is 21.6. The maximum Gasteiger partial charge on any atom is 0.408 e. The minimum Gasteiger partial charge on any atom is -0.322 e. The topological polar surface area (TPSA) is 162 Å². The number of alkyl halides is 3. The molecule has 0 bridgehead atoms. The van der Waals surface area contributed by atoms with Crippen molar-refractivity contribution in [2.45, 2.75) is 63.0 Å². The second-order valence-corrected chi connectivity index (χ2v) is 20.2. The van der Waals surface area contributed by atoms with Crippen molar-refractivity contribution in [3.63, 3.8) is 0 Å². The summed E-state index contributed by atoms with van der Waals surface area (Å²) < 4.78 is 146. The lowest BCUT2D eigenvalue weighted by molar-refractivity contribution is -0.141. The molecule has 20 heteroatoms. The van der Waals surface area contributed by atoms with Gasteiger partial charge >= 0.3 is 6.18 Å². The Kier molecular flexibility index (Phi) is 10.5. The Morgan fingerprint density at radius 3 is 2.09 bits per heavy atom. The average molecular weight is 822 g/mol. The van der Waals surface area contributed by atoms with Gasteiger partial charge in [-0.05, 0) is 80.3 Å². The highest BCUT2D eigenvalue weighted by Gasteiger charge is 2.38. The number of nitrogens with two attached hydrogens (primary N) is 1. The van der Waals surface area contributed by atoms with Gasteiger partial charge in [0.2, 0.25) is 20.0 Å². The highest BCUT2D eigenvalue weighted by Crippen LogP contribution is 2.46. The molecule has 2 aromatic heterocycles. The molecular weight excluding hydrogens is 789 g/mol. The van der Waals surface area contributed by atoms with Gasteiger partial charge < -0.3 is 5.73 Å². The second kappa shape index (κ2) is 13.8. The van der Waals surface area contributed by atoms with Crippen molar-refractivity contribution in [3.8, 4) is 23.0 Å². The molecule has 5 rings (SSSR count). The van der Waals surface area contributed by atoms with Crippen molar-refractivity contribution in [2.75, 3.05) is 22.5 Å². The molecule has 1 aliphatic rings. The van der Waals surface area contributed by atoms with Crippen molar-refractivity contribution in [2.24, 2.45) is 5.73 Å². The molecule has 0 saturated carbocycles. The first-order valence-electron chi connectivity index (χ1n) is 15.6. The van der Waals surface area contributed by atoms with Gasteiger partial charge in [-0.3, -0.25) is 4.68 Å². The predicted molar refractivity (Wildman–Crippen MR) is 191 cm³/mol. The first-order chi connectivity index (χ1) is 24.2. The Labute approximate surface area is 308 Å². The molecule has 1 unspecified atom stereocenters. The van der Waals surface area contributed by atoms with Crippen LogP contribution in [0.15, 0.2) is 30.3 Å². The SMILES string of the molecule is CC(C)(C#Cc1nc(C(N)Cc2cc(F)cc(F)c2)c(-c2ccc(Cl)c3c(N(S(C)(=O)=O)S(C)(=O)=O)nn(CC(F)(F)F)c23)c2c1CCC2)S(C)(=O)=O. The smallest absolute Gasteiger partial charge is 0.322 e. The maximum absolute atomic E-state index is 14.2. The van der Waals surface area contributed by atoms with E-state index in [0.717, 1.165) is 18.4 Å². The summed E-state index contributed by atoms with van der Waals surface area (Å²) in [5.74, 6) is 2.88. The molecule has 1 aliphatic carbocycles. The average Bonchev–Trinajstić information content (AvgIpc) is 3.59. The summed E-state index contributed by atoms with van der Waals surface area (Å²) in [7, 11) is -13.1. The third-order valence-electron chi connectivity index (χ3n) is 8.63. The summed E-state index contributed by atoms with van der Waals surface area (Å²) in [5, 5.41) is 3.10. The Morgan fingerprint density at radius 2 is 1.55 bits per heavy atom. The standard InChI is InChI=1S/C33H33ClF5N5O6S3/c1-32(2,51(3,45)46)12-11-26-21-7-6-8-22(21)27(29(41-26)25(40)15-18-13-19(35)16-20(36)14-18)23-9-10-24(34)28-30(23)43(17-33(37,38)39)42-31(28)44(52(4,47)48)53(5,49)50/h9-10,13-14,16,25H,6-8,15,17,40H2,1-5H3. The van der Waals surface area contributed by atoms with E-state index in [0.29, 0.717) is 53.6 Å². The third-order valence-corrected chi connectivity index (χ3v) is 14.1. The molecule has 2 N–H and O–H groups in total. The molecule has 53 heavy (non-hydrogen) atoms. The Bertz CT molecular complexity index is 2510. The number of anilines is 1. The van der Waals surface area contributed by atoms with Crippen LogP contribution in [0.5, 0.6) is 0 Å². The van der Waals surface area contributed by atoms with Crippen LogP contribution in [0.3, 0.4) is 0 Å². The Balaban J connectivity index is 1.93. The lowest BCUT2D eigenvalue weighted by Gasteiger charge is -2.22. The number of sulfonamides is 2. The Hall–Kier alpha value is -3.83. The number of halogens is 6. The van der Waals surface area contributed by atoms with Crippen LogP contribution in [-0.4, -0.2) is 69.7 Å². The van der Waals surface area contributed by atoms with Crippen molar-refractivity contribution < 1.29 is 47.2 Å². The van der Waals surface area contributed by atoms with Crippen molar-refractivity contribution in [3.05, 3.63) is 75.1 Å². The zero-order valence-corrected chi connectivity index (χ0v) is 32.0. The van der Waals surface area contributed by atoms with Gasteiger partial charge in [-0.15, -0.1) is 3.71 Å². The fourth-order valence-electron chi connectivity index (χ4n) is 6.17. The zero-order valence-electron chi connectivity index (χ0n) is 28.8. The molecule has 0 fully saturated rings. The number of pyridine rings is 1. The van der Waals surface area contributed by atoms with E-state index < -0.39 is 81.7 Å². The quantitative estimate of drug-likeness (QED) is 0.176. The van der Waals surface area contributed by atoms with E-state index in [1.54, 1.807) is 0 Å². The summed E-state index contributed by atoms with van der Waals surface area (Å²) in [6, 6.07) is 4.09. The number of rotatable bonds is 9. The molecule has 4 aromatic rings. The number of benzene rings is 2. The van der Waals surface area contributed by atoms with Gasteiger partial charge in [0.1, 0.15) is 28.6 Å². The van der Waals surface area contributed by atoms with Gasteiger partial charge in [-0.1, -0.05) is 23.6 Å². The van der Waals surface area contributed by atoms with Crippen LogP contribution in [0.25, 0.3) is 22.0 Å². The van der Waals surface area contributed by atoms with Crippen molar-refractivity contribution in [1.29, 1.82) is 0 Å². The molecule has 0 amide bonds. The molecular formula is C33H33ClF5N5O6S3. The van der Waals surface area contributed by atoms with Crippen molar-refractivity contribution >= 4 is 58.2 Å². The van der Waals surface area contributed by atoms with E-state index in [-0.39, 0.29) is 43.2 Å². The molecule has 11 nitrogen and oxygen atoms in total. The number of nitrogens with zero attached hydrogens (tertiary/aromatic N) is 4. The fourth-order valence-corrected chi connectivity index (χ4v) is 9.49. The van der Waals surface area contributed by atoms with Crippen LogP contribution in [0.1, 0.15) is 54.4 Å². The van der Waals surface area contributed by atoms with Crippen molar-refractivity contribution in [1.82, 2.24) is 14.8 Å². The molecule has 1 atom stereocenters. The molecule has 2 aromatic carbocycles. The van der Waals surface area contributed by atoms with Gasteiger partial charge in [0, 0.05) is 23.4 Å². The number of hydrogen-bond donors (Lipinski definition) is 1. The molecule has 0 saturated heterocycles. The molecule has 2 heterocycles. The Morgan fingerprint density at radius 1 is 0.962 bits per heavy atom. The van der Waals surface area contributed by atoms with Crippen LogP contribution in [0, 0.1) is 23.5 Å². The van der Waals surface area contributed by atoms with Crippen LogP contribution < -0.4 is 9.44 Å². The zero-order chi connectivity index (χ0) is 39.6. The molecule has 0 spiro atoms. The number of fused-ring (bicyclic) bond motifs is 2. The lowest BCUT2D eigenvalue weighted by atomic mass is 9.89. The summed E-state index contributed by atoms with van der Waals surface area (Å²) in [6.07, 6.45) is -1.94.